The van der Waals surface area contributed by atoms with Crippen molar-refractivity contribution in [2.75, 3.05) is 0 Å². The van der Waals surface area contributed by atoms with Gasteiger partial charge in [-0.2, -0.15) is 26.3 Å². The number of hydrogen-bond acceptors (Lipinski definition) is 1. The monoisotopic (exact) mass is 503 g/mol. The van der Waals surface area contributed by atoms with E-state index in [-0.39, 0.29) is 24.1 Å². The van der Waals surface area contributed by atoms with Gasteiger partial charge >= 0.3 is 18.4 Å². The van der Waals surface area contributed by atoms with Crippen molar-refractivity contribution in [1.82, 2.24) is 4.90 Å². The third-order valence-electron chi connectivity index (χ3n) is 6.12. The van der Waals surface area contributed by atoms with Gasteiger partial charge in [0.25, 0.3) is 0 Å². The summed E-state index contributed by atoms with van der Waals surface area (Å²) in [5, 5.41) is 9.80. The Kier molecular flexibility index (Phi) is 9.25. The number of halogens is 6. The fourth-order valence-electron chi connectivity index (χ4n) is 4.30. The maximum atomic E-state index is 13.3. The fraction of sp³-hybridized carbons (Fsp3) is 0.500. The zero-order valence-electron chi connectivity index (χ0n) is 20.3. The van der Waals surface area contributed by atoms with Gasteiger partial charge in [0.2, 0.25) is 0 Å². The lowest BCUT2D eigenvalue weighted by Gasteiger charge is -2.26. The summed E-state index contributed by atoms with van der Waals surface area (Å²) >= 11 is 0. The average molecular weight is 504 g/mol. The van der Waals surface area contributed by atoms with Crippen molar-refractivity contribution in [3.63, 3.8) is 0 Å². The normalized spacial score (nSPS) is 12.3. The molecule has 2 aromatic rings. The standard InChI is InChI=1S/C26H31F6NO2/c1-5-7-19(8-6-2)23-10-17(4)16(3)9-20(23)15-33(24(34)35)14-18-11-21(25(27,28)29)13-22(12-18)26(30,31)32/h9-13,19H,5-8,14-15H2,1-4H3,(H,34,35). The van der Waals surface area contributed by atoms with E-state index in [0.717, 1.165) is 47.3 Å². The number of amides is 1. The maximum absolute atomic E-state index is 13.3. The van der Waals surface area contributed by atoms with Crippen molar-refractivity contribution in [2.45, 2.75) is 84.7 Å². The van der Waals surface area contributed by atoms with E-state index in [0.29, 0.717) is 17.7 Å². The van der Waals surface area contributed by atoms with Crippen LogP contribution in [0.15, 0.2) is 30.3 Å². The van der Waals surface area contributed by atoms with Gasteiger partial charge in [0.15, 0.2) is 0 Å². The van der Waals surface area contributed by atoms with Crippen LogP contribution in [0.2, 0.25) is 0 Å². The van der Waals surface area contributed by atoms with Crippen molar-refractivity contribution < 1.29 is 36.2 Å². The molecule has 0 aliphatic rings. The second kappa shape index (κ2) is 11.4. The number of alkyl halides is 6. The van der Waals surface area contributed by atoms with E-state index in [9.17, 15) is 36.2 Å². The van der Waals surface area contributed by atoms with Crippen LogP contribution in [0.4, 0.5) is 31.1 Å². The summed E-state index contributed by atoms with van der Waals surface area (Å²) in [7, 11) is 0. The predicted octanol–water partition coefficient (Wildman–Crippen LogP) is 8.71. The Labute approximate surface area is 201 Å². The lowest BCUT2D eigenvalue weighted by atomic mass is 9.85. The molecule has 0 saturated heterocycles. The largest absolute Gasteiger partial charge is 0.465 e. The van der Waals surface area contributed by atoms with Gasteiger partial charge in [-0.15, -0.1) is 0 Å². The second-order valence-electron chi connectivity index (χ2n) is 8.96. The molecule has 0 fully saturated rings. The van der Waals surface area contributed by atoms with Crippen LogP contribution in [0.5, 0.6) is 0 Å². The first-order valence-electron chi connectivity index (χ1n) is 11.5. The van der Waals surface area contributed by atoms with Crippen molar-refractivity contribution >= 4 is 6.09 Å². The molecule has 0 atom stereocenters. The minimum absolute atomic E-state index is 0.0378. The van der Waals surface area contributed by atoms with E-state index in [1.165, 1.54) is 0 Å². The lowest BCUT2D eigenvalue weighted by molar-refractivity contribution is -0.143. The summed E-state index contributed by atoms with van der Waals surface area (Å²) < 4.78 is 79.5. The summed E-state index contributed by atoms with van der Waals surface area (Å²) in [5.74, 6) is 0.181. The van der Waals surface area contributed by atoms with Gasteiger partial charge in [-0.05, 0) is 78.6 Å². The molecule has 0 heterocycles. The third-order valence-corrected chi connectivity index (χ3v) is 6.12. The molecule has 0 bridgehead atoms. The smallest absolute Gasteiger partial charge is 0.416 e. The molecule has 0 aliphatic carbocycles. The SMILES string of the molecule is CCCC(CCC)c1cc(C)c(C)cc1CN(Cc1cc(C(F)(F)F)cc(C(F)(F)F)c1)C(=O)O. The first-order valence-corrected chi connectivity index (χ1v) is 11.5. The Bertz CT molecular complexity index is 991. The Morgan fingerprint density at radius 2 is 1.31 bits per heavy atom. The number of aryl methyl sites for hydroxylation is 2. The van der Waals surface area contributed by atoms with Crippen LogP contribution in [-0.4, -0.2) is 16.1 Å². The first kappa shape index (κ1) is 28.5. The van der Waals surface area contributed by atoms with Crippen LogP contribution in [-0.2, 0) is 25.4 Å². The number of carboxylic acid groups (broad SMARTS) is 1. The summed E-state index contributed by atoms with van der Waals surface area (Å²) in [6.07, 6.45) is -7.81. The van der Waals surface area contributed by atoms with Gasteiger partial charge < -0.3 is 5.11 Å². The Morgan fingerprint density at radius 3 is 1.74 bits per heavy atom. The molecule has 2 aromatic carbocycles. The van der Waals surface area contributed by atoms with Crippen LogP contribution < -0.4 is 0 Å². The molecular weight excluding hydrogens is 472 g/mol. The van der Waals surface area contributed by atoms with E-state index in [1.807, 2.05) is 26.0 Å². The quantitative estimate of drug-likeness (QED) is 0.348. The molecule has 0 aliphatic heterocycles. The van der Waals surface area contributed by atoms with E-state index < -0.39 is 36.1 Å². The van der Waals surface area contributed by atoms with Crippen molar-refractivity contribution in [3.05, 3.63) is 69.3 Å². The summed E-state index contributed by atoms with van der Waals surface area (Å²) in [6, 6.07) is 5.07. The van der Waals surface area contributed by atoms with E-state index in [4.69, 9.17) is 0 Å². The van der Waals surface area contributed by atoms with Crippen LogP contribution in [0.1, 0.15) is 84.4 Å². The Morgan fingerprint density at radius 1 is 0.829 bits per heavy atom. The highest BCUT2D eigenvalue weighted by molar-refractivity contribution is 5.65. The van der Waals surface area contributed by atoms with E-state index >= 15 is 0 Å². The molecule has 1 amide bonds. The molecule has 0 aromatic heterocycles. The summed E-state index contributed by atoms with van der Waals surface area (Å²) in [5.41, 5.74) is 0.345. The lowest BCUT2D eigenvalue weighted by Crippen LogP contribution is -2.29. The number of rotatable bonds is 9. The van der Waals surface area contributed by atoms with Crippen LogP contribution in [0.3, 0.4) is 0 Å². The minimum atomic E-state index is -5.00. The summed E-state index contributed by atoms with van der Waals surface area (Å²) in [6.45, 7) is 7.18. The van der Waals surface area contributed by atoms with Crippen molar-refractivity contribution in [2.24, 2.45) is 0 Å². The molecule has 0 unspecified atom stereocenters. The number of benzene rings is 2. The predicted molar refractivity (Wildman–Crippen MR) is 122 cm³/mol. The van der Waals surface area contributed by atoms with E-state index in [2.05, 4.69) is 13.8 Å². The molecule has 194 valence electrons. The highest BCUT2D eigenvalue weighted by Gasteiger charge is 2.37. The van der Waals surface area contributed by atoms with Crippen molar-refractivity contribution in [3.8, 4) is 0 Å². The molecule has 3 nitrogen and oxygen atoms in total. The van der Waals surface area contributed by atoms with Crippen LogP contribution >= 0.6 is 0 Å². The van der Waals surface area contributed by atoms with Crippen LogP contribution in [0.25, 0.3) is 0 Å². The average Bonchev–Trinajstić information content (AvgIpc) is 2.74. The molecule has 2 rings (SSSR count). The van der Waals surface area contributed by atoms with Crippen LogP contribution in [0, 0.1) is 13.8 Å². The molecule has 1 N–H and O–H groups in total. The van der Waals surface area contributed by atoms with Gasteiger partial charge in [-0.1, -0.05) is 38.8 Å². The Balaban J connectivity index is 2.51. The van der Waals surface area contributed by atoms with Gasteiger partial charge in [0.1, 0.15) is 0 Å². The third kappa shape index (κ3) is 7.64. The van der Waals surface area contributed by atoms with Gasteiger partial charge in [0.05, 0.1) is 11.1 Å². The highest BCUT2D eigenvalue weighted by atomic mass is 19.4. The number of hydrogen-bond donors (Lipinski definition) is 1. The fourth-order valence-corrected chi connectivity index (χ4v) is 4.30. The molecule has 0 radical (unpaired) electrons. The molecular formula is C26H31F6NO2. The zero-order valence-corrected chi connectivity index (χ0v) is 20.3. The zero-order chi connectivity index (χ0) is 26.6. The molecule has 0 saturated carbocycles. The summed E-state index contributed by atoms with van der Waals surface area (Å²) in [4.78, 5) is 12.9. The van der Waals surface area contributed by atoms with Gasteiger partial charge in [-0.3, -0.25) is 4.90 Å². The minimum Gasteiger partial charge on any atom is -0.465 e. The van der Waals surface area contributed by atoms with E-state index in [1.54, 1.807) is 0 Å². The van der Waals surface area contributed by atoms with Gasteiger partial charge in [-0.25, -0.2) is 4.79 Å². The molecule has 9 heteroatoms. The first-order chi connectivity index (χ1) is 16.2. The number of carbonyl (C=O) groups is 1. The maximum Gasteiger partial charge on any atom is 0.416 e. The van der Waals surface area contributed by atoms with Gasteiger partial charge in [0, 0.05) is 13.1 Å². The molecule has 35 heavy (non-hydrogen) atoms. The molecule has 0 spiro atoms. The Hall–Kier alpha value is -2.71. The number of nitrogens with zero attached hydrogens (tertiary/aromatic N) is 1. The second-order valence-corrected chi connectivity index (χ2v) is 8.96. The van der Waals surface area contributed by atoms with Crippen molar-refractivity contribution in [1.29, 1.82) is 0 Å². The highest BCUT2D eigenvalue weighted by Crippen LogP contribution is 2.37. The topological polar surface area (TPSA) is 40.5 Å².